The van der Waals surface area contributed by atoms with Crippen LogP contribution in [-0.4, -0.2) is 22.0 Å². The molecule has 16 heavy (non-hydrogen) atoms. The van der Waals surface area contributed by atoms with E-state index in [2.05, 4.69) is 4.98 Å². The van der Waals surface area contributed by atoms with Crippen LogP contribution in [0, 0.1) is 0 Å². The Labute approximate surface area is 90.5 Å². The molecule has 2 aromatic rings. The number of aromatic carboxylic acids is 1. The molecule has 0 unspecified atom stereocenters. The lowest BCUT2D eigenvalue weighted by Crippen LogP contribution is -2.13. The number of hydrogen-bond donors (Lipinski definition) is 2. The molecule has 0 atom stereocenters. The monoisotopic (exact) mass is 216 g/mol. The number of fused-ring (bicyclic) bond motifs is 1. The highest BCUT2D eigenvalue weighted by Crippen LogP contribution is 2.18. The van der Waals surface area contributed by atoms with Gasteiger partial charge in [-0.05, 0) is 18.2 Å². The predicted molar refractivity (Wildman–Crippen MR) is 57.2 cm³/mol. The first-order valence-corrected chi connectivity index (χ1v) is 4.51. The number of aromatic nitrogens is 1. The van der Waals surface area contributed by atoms with Gasteiger partial charge < -0.3 is 10.8 Å². The molecule has 80 valence electrons. The number of nitrogens with zero attached hydrogens (tertiary/aromatic N) is 1. The second-order valence-corrected chi connectivity index (χ2v) is 3.27. The fraction of sp³-hybridized carbons (Fsp3) is 0. The van der Waals surface area contributed by atoms with Crippen LogP contribution in [0.4, 0.5) is 0 Å². The molecule has 0 radical (unpaired) electrons. The number of amides is 1. The van der Waals surface area contributed by atoms with Crippen LogP contribution in [0.2, 0.25) is 0 Å². The molecule has 0 bridgehead atoms. The van der Waals surface area contributed by atoms with Gasteiger partial charge in [-0.3, -0.25) is 9.78 Å². The number of benzene rings is 1. The van der Waals surface area contributed by atoms with Crippen LogP contribution in [0.15, 0.2) is 30.5 Å². The van der Waals surface area contributed by atoms with Crippen molar-refractivity contribution in [3.8, 4) is 0 Å². The van der Waals surface area contributed by atoms with Crippen LogP contribution in [0.1, 0.15) is 20.7 Å². The average molecular weight is 216 g/mol. The van der Waals surface area contributed by atoms with E-state index in [1.165, 1.54) is 18.3 Å². The second kappa shape index (κ2) is 3.62. The smallest absolute Gasteiger partial charge is 0.335 e. The summed E-state index contributed by atoms with van der Waals surface area (Å²) in [7, 11) is 0. The zero-order valence-corrected chi connectivity index (χ0v) is 8.18. The maximum Gasteiger partial charge on any atom is 0.335 e. The van der Waals surface area contributed by atoms with E-state index in [1.807, 2.05) is 0 Å². The standard InChI is InChI=1S/C11H8N2O3/c12-10(14)8-5-7(11(15)16)4-6-2-1-3-13-9(6)8/h1-5H,(H2,12,14)(H,15,16). The molecule has 0 saturated carbocycles. The topological polar surface area (TPSA) is 93.3 Å². The van der Waals surface area contributed by atoms with Gasteiger partial charge in [0.15, 0.2) is 0 Å². The summed E-state index contributed by atoms with van der Waals surface area (Å²) in [5.74, 6) is -1.79. The van der Waals surface area contributed by atoms with E-state index in [0.29, 0.717) is 10.9 Å². The minimum atomic E-state index is -1.10. The van der Waals surface area contributed by atoms with E-state index in [1.54, 1.807) is 12.1 Å². The molecule has 1 aromatic heterocycles. The molecule has 0 saturated heterocycles. The number of carboxylic acids is 1. The molecule has 2 rings (SSSR count). The van der Waals surface area contributed by atoms with Crippen molar-refractivity contribution in [2.24, 2.45) is 5.73 Å². The lowest BCUT2D eigenvalue weighted by molar-refractivity contribution is 0.0697. The van der Waals surface area contributed by atoms with Crippen molar-refractivity contribution in [1.82, 2.24) is 4.98 Å². The Morgan fingerprint density at radius 2 is 2.06 bits per heavy atom. The molecule has 0 spiro atoms. The van der Waals surface area contributed by atoms with Crippen LogP contribution >= 0.6 is 0 Å². The second-order valence-electron chi connectivity index (χ2n) is 3.27. The van der Waals surface area contributed by atoms with Crippen LogP contribution in [0.5, 0.6) is 0 Å². The Balaban J connectivity index is 2.84. The molecule has 1 amide bonds. The van der Waals surface area contributed by atoms with Gasteiger partial charge in [0.1, 0.15) is 0 Å². The molecular formula is C11H8N2O3. The SMILES string of the molecule is NC(=O)c1cc(C(=O)O)cc2cccnc12. The van der Waals surface area contributed by atoms with Gasteiger partial charge in [-0.25, -0.2) is 4.79 Å². The third-order valence-corrected chi connectivity index (χ3v) is 2.22. The first-order valence-electron chi connectivity index (χ1n) is 4.51. The maximum absolute atomic E-state index is 11.2. The predicted octanol–water partition coefficient (Wildman–Crippen LogP) is 1.03. The minimum absolute atomic E-state index is 0.0225. The van der Waals surface area contributed by atoms with Gasteiger partial charge in [-0.1, -0.05) is 6.07 Å². The van der Waals surface area contributed by atoms with Gasteiger partial charge in [0.2, 0.25) is 0 Å². The first-order chi connectivity index (χ1) is 7.59. The number of rotatable bonds is 2. The van der Waals surface area contributed by atoms with Gasteiger partial charge in [-0.2, -0.15) is 0 Å². The average Bonchev–Trinajstić information content (AvgIpc) is 2.27. The Kier molecular flexibility index (Phi) is 2.28. The Bertz CT molecular complexity index is 593. The highest BCUT2D eigenvalue weighted by molar-refractivity contribution is 6.07. The van der Waals surface area contributed by atoms with Crippen molar-refractivity contribution in [1.29, 1.82) is 0 Å². The molecule has 1 heterocycles. The van der Waals surface area contributed by atoms with E-state index in [-0.39, 0.29) is 11.1 Å². The highest BCUT2D eigenvalue weighted by Gasteiger charge is 2.12. The van der Waals surface area contributed by atoms with E-state index in [0.717, 1.165) is 0 Å². The molecule has 5 nitrogen and oxygen atoms in total. The van der Waals surface area contributed by atoms with Crippen LogP contribution < -0.4 is 5.73 Å². The highest BCUT2D eigenvalue weighted by atomic mass is 16.4. The summed E-state index contributed by atoms with van der Waals surface area (Å²) in [6.45, 7) is 0. The van der Waals surface area contributed by atoms with E-state index >= 15 is 0 Å². The number of pyridine rings is 1. The number of nitrogens with two attached hydrogens (primary N) is 1. The maximum atomic E-state index is 11.2. The zero-order chi connectivity index (χ0) is 11.7. The molecule has 3 N–H and O–H groups in total. The van der Waals surface area contributed by atoms with Crippen molar-refractivity contribution in [2.45, 2.75) is 0 Å². The number of carbonyl (C=O) groups is 2. The van der Waals surface area contributed by atoms with Crippen molar-refractivity contribution in [3.63, 3.8) is 0 Å². The molecule has 0 aliphatic rings. The van der Waals surface area contributed by atoms with Crippen LogP contribution in [-0.2, 0) is 0 Å². The van der Waals surface area contributed by atoms with E-state index in [4.69, 9.17) is 10.8 Å². The van der Waals surface area contributed by atoms with Crippen molar-refractivity contribution in [2.75, 3.05) is 0 Å². The third kappa shape index (κ3) is 1.58. The normalized spacial score (nSPS) is 10.2. The molecule has 5 heteroatoms. The number of carboxylic acid groups (broad SMARTS) is 1. The van der Waals surface area contributed by atoms with Gasteiger partial charge in [-0.15, -0.1) is 0 Å². The fourth-order valence-corrected chi connectivity index (χ4v) is 1.50. The Morgan fingerprint density at radius 1 is 1.31 bits per heavy atom. The van der Waals surface area contributed by atoms with Crippen molar-refractivity contribution in [3.05, 3.63) is 41.6 Å². The van der Waals surface area contributed by atoms with Gasteiger partial charge in [0.05, 0.1) is 16.6 Å². The largest absolute Gasteiger partial charge is 0.478 e. The zero-order valence-electron chi connectivity index (χ0n) is 8.18. The van der Waals surface area contributed by atoms with E-state index in [9.17, 15) is 9.59 Å². The molecule has 0 fully saturated rings. The number of primary amides is 1. The summed E-state index contributed by atoms with van der Waals surface area (Å²) in [5, 5.41) is 9.46. The van der Waals surface area contributed by atoms with Crippen LogP contribution in [0.25, 0.3) is 10.9 Å². The summed E-state index contributed by atoms with van der Waals surface area (Å²) in [6, 6.07) is 6.04. The van der Waals surface area contributed by atoms with Gasteiger partial charge in [0, 0.05) is 11.6 Å². The summed E-state index contributed by atoms with van der Waals surface area (Å²) in [5.41, 5.74) is 5.74. The van der Waals surface area contributed by atoms with Gasteiger partial charge in [0.25, 0.3) is 5.91 Å². The van der Waals surface area contributed by atoms with Crippen molar-refractivity contribution < 1.29 is 14.7 Å². The first kappa shape index (κ1) is 10.1. The fourth-order valence-electron chi connectivity index (χ4n) is 1.50. The summed E-state index contributed by atoms with van der Waals surface area (Å²) < 4.78 is 0. The lowest BCUT2D eigenvalue weighted by Gasteiger charge is -2.04. The Morgan fingerprint density at radius 3 is 2.69 bits per heavy atom. The van der Waals surface area contributed by atoms with Crippen LogP contribution in [0.3, 0.4) is 0 Å². The van der Waals surface area contributed by atoms with Gasteiger partial charge >= 0.3 is 5.97 Å². The summed E-state index contributed by atoms with van der Waals surface area (Å²) in [4.78, 5) is 26.0. The molecular weight excluding hydrogens is 208 g/mol. The molecule has 1 aromatic carbocycles. The lowest BCUT2D eigenvalue weighted by atomic mass is 10.0. The quantitative estimate of drug-likeness (QED) is 0.784. The summed E-state index contributed by atoms with van der Waals surface area (Å²) in [6.07, 6.45) is 1.52. The minimum Gasteiger partial charge on any atom is -0.478 e. The van der Waals surface area contributed by atoms with Crippen molar-refractivity contribution >= 4 is 22.8 Å². The number of carbonyl (C=O) groups excluding carboxylic acids is 1. The number of hydrogen-bond acceptors (Lipinski definition) is 3. The third-order valence-electron chi connectivity index (χ3n) is 2.22. The molecule has 0 aliphatic carbocycles. The summed E-state index contributed by atoms with van der Waals surface area (Å²) >= 11 is 0. The molecule has 0 aliphatic heterocycles. The Hall–Kier alpha value is -2.43. The van der Waals surface area contributed by atoms with E-state index < -0.39 is 11.9 Å².